The number of carbonyl (C=O) groups excluding carboxylic acids is 5. The van der Waals surface area contributed by atoms with Gasteiger partial charge < -0.3 is 25.8 Å². The topological polar surface area (TPSA) is 128 Å². The third-order valence-electron chi connectivity index (χ3n) is 6.84. The van der Waals surface area contributed by atoms with Crippen LogP contribution in [0.25, 0.3) is 0 Å². The molecule has 0 bridgehead atoms. The van der Waals surface area contributed by atoms with Crippen molar-refractivity contribution in [2.24, 2.45) is 11.8 Å². The molecule has 1 aromatic rings. The normalized spacial score (nSPS) is 17.0. The number of nitrogens with zero attached hydrogens (tertiary/aromatic N) is 2. The number of hydrogen-bond acceptors (Lipinski definition) is 6. The number of rotatable bonds is 12. The fourth-order valence-corrected chi connectivity index (χ4v) is 4.45. The lowest BCUT2D eigenvalue weighted by Crippen LogP contribution is -2.58. The maximum Gasteiger partial charge on any atom is 0.452 e. The minimum atomic E-state index is -5.12. The van der Waals surface area contributed by atoms with E-state index in [1.807, 2.05) is 19.0 Å². The zero-order valence-electron chi connectivity index (χ0n) is 24.3. The molecule has 228 valence electrons. The number of ketones is 1. The highest BCUT2D eigenvalue weighted by molar-refractivity contribution is 6.00. The molecule has 3 atom stereocenters. The molecule has 1 heterocycles. The first kappa shape index (κ1) is 33.7. The van der Waals surface area contributed by atoms with Crippen molar-refractivity contribution in [1.82, 2.24) is 25.8 Å². The Morgan fingerprint density at radius 1 is 0.902 bits per heavy atom. The van der Waals surface area contributed by atoms with E-state index in [1.165, 1.54) is 43.0 Å². The molecule has 13 heteroatoms. The summed E-state index contributed by atoms with van der Waals surface area (Å²) >= 11 is 0. The van der Waals surface area contributed by atoms with Crippen molar-refractivity contribution in [3.05, 3.63) is 35.4 Å². The Kier molecular flexibility index (Phi) is 11.9. The lowest BCUT2D eigenvalue weighted by molar-refractivity contribution is -0.175. The van der Waals surface area contributed by atoms with Crippen LogP contribution >= 0.6 is 0 Å². The first-order valence-corrected chi connectivity index (χ1v) is 13.6. The molecular formula is C28H40F3N5O5. The number of carbonyl (C=O) groups is 5. The van der Waals surface area contributed by atoms with Gasteiger partial charge in [0.1, 0.15) is 12.1 Å². The predicted octanol–water partition coefficient (Wildman–Crippen LogP) is 2.00. The van der Waals surface area contributed by atoms with Gasteiger partial charge in [-0.1, -0.05) is 27.7 Å². The summed E-state index contributed by atoms with van der Waals surface area (Å²) in [6, 6.07) is 2.05. The third-order valence-corrected chi connectivity index (χ3v) is 6.84. The SMILES string of the molecule is CC(C)C(NC(=O)[C@@H]1CCCN1C(=O)[C@@H](NC(=O)c1ccc(C(=O)NCCN(C)C)cc1)C(C)C)C(=O)C(F)(F)F. The van der Waals surface area contributed by atoms with E-state index in [9.17, 15) is 37.1 Å². The quantitative estimate of drug-likeness (QED) is 0.346. The van der Waals surface area contributed by atoms with Crippen LogP contribution in [0.1, 0.15) is 61.3 Å². The maximum absolute atomic E-state index is 13.5. The van der Waals surface area contributed by atoms with Crippen molar-refractivity contribution in [2.75, 3.05) is 33.7 Å². The monoisotopic (exact) mass is 583 g/mol. The van der Waals surface area contributed by atoms with Crippen molar-refractivity contribution in [2.45, 2.75) is 64.8 Å². The van der Waals surface area contributed by atoms with Crippen LogP contribution in [0.2, 0.25) is 0 Å². The summed E-state index contributed by atoms with van der Waals surface area (Å²) in [6.45, 7) is 7.51. The molecule has 1 fully saturated rings. The molecule has 2 rings (SSSR count). The summed E-state index contributed by atoms with van der Waals surface area (Å²) in [6.07, 6.45) is -4.48. The van der Waals surface area contributed by atoms with Crippen molar-refractivity contribution in [3.8, 4) is 0 Å². The number of hydrogen-bond donors (Lipinski definition) is 3. The van der Waals surface area contributed by atoms with Gasteiger partial charge in [-0.25, -0.2) is 0 Å². The largest absolute Gasteiger partial charge is 0.452 e. The number of likely N-dealkylation sites (N-methyl/N-ethyl adjacent to an activating group) is 1. The van der Waals surface area contributed by atoms with Gasteiger partial charge in [-0.05, 0) is 63.0 Å². The van der Waals surface area contributed by atoms with Crippen molar-refractivity contribution < 1.29 is 37.1 Å². The number of nitrogens with one attached hydrogen (secondary N) is 3. The second-order valence-electron chi connectivity index (χ2n) is 11.1. The molecule has 41 heavy (non-hydrogen) atoms. The minimum Gasteiger partial charge on any atom is -0.351 e. The molecule has 0 spiro atoms. The fraction of sp³-hybridized carbons (Fsp3) is 0.607. The summed E-state index contributed by atoms with van der Waals surface area (Å²) in [5.74, 6) is -5.51. The van der Waals surface area contributed by atoms with Crippen molar-refractivity contribution in [3.63, 3.8) is 0 Å². The molecule has 0 aliphatic carbocycles. The van der Waals surface area contributed by atoms with Crippen LogP contribution in [0.5, 0.6) is 0 Å². The Balaban J connectivity index is 2.11. The van der Waals surface area contributed by atoms with Crippen LogP contribution in [0.4, 0.5) is 13.2 Å². The van der Waals surface area contributed by atoms with E-state index in [1.54, 1.807) is 13.8 Å². The highest BCUT2D eigenvalue weighted by Crippen LogP contribution is 2.24. The summed E-state index contributed by atoms with van der Waals surface area (Å²) < 4.78 is 39.2. The lowest BCUT2D eigenvalue weighted by atomic mass is 9.98. The van der Waals surface area contributed by atoms with E-state index in [2.05, 4.69) is 16.0 Å². The van der Waals surface area contributed by atoms with Gasteiger partial charge in [-0.3, -0.25) is 24.0 Å². The van der Waals surface area contributed by atoms with Gasteiger partial charge >= 0.3 is 6.18 Å². The number of halogens is 3. The molecule has 1 aromatic carbocycles. The predicted molar refractivity (Wildman–Crippen MR) is 146 cm³/mol. The van der Waals surface area contributed by atoms with E-state index in [0.717, 1.165) is 0 Å². The van der Waals surface area contributed by atoms with Crippen molar-refractivity contribution in [1.29, 1.82) is 0 Å². The van der Waals surface area contributed by atoms with Gasteiger partial charge in [-0.2, -0.15) is 13.2 Å². The minimum absolute atomic E-state index is 0.174. The van der Waals surface area contributed by atoms with Crippen molar-refractivity contribution >= 4 is 29.4 Å². The second kappa shape index (κ2) is 14.4. The van der Waals surface area contributed by atoms with E-state index >= 15 is 0 Å². The molecule has 1 saturated heterocycles. The Hall–Kier alpha value is -3.48. The Bertz CT molecular complexity index is 1110. The molecule has 0 radical (unpaired) electrons. The number of benzene rings is 1. The smallest absolute Gasteiger partial charge is 0.351 e. The Labute approximate surface area is 238 Å². The molecule has 1 aliphatic heterocycles. The molecule has 0 saturated carbocycles. The molecule has 3 N–H and O–H groups in total. The molecule has 10 nitrogen and oxygen atoms in total. The van der Waals surface area contributed by atoms with Crippen LogP contribution in [-0.4, -0.2) is 97.2 Å². The van der Waals surface area contributed by atoms with Crippen LogP contribution in [-0.2, 0) is 14.4 Å². The van der Waals surface area contributed by atoms with Crippen LogP contribution in [0.15, 0.2) is 24.3 Å². The molecule has 1 unspecified atom stereocenters. The summed E-state index contributed by atoms with van der Waals surface area (Å²) in [4.78, 5) is 66.8. The number of amides is 4. The van der Waals surface area contributed by atoms with E-state index < -0.39 is 53.7 Å². The average molecular weight is 584 g/mol. The van der Waals surface area contributed by atoms with E-state index in [-0.39, 0.29) is 30.4 Å². The van der Waals surface area contributed by atoms with Crippen LogP contribution in [0, 0.1) is 11.8 Å². The lowest BCUT2D eigenvalue weighted by Gasteiger charge is -2.32. The molecule has 1 aliphatic rings. The summed E-state index contributed by atoms with van der Waals surface area (Å²) in [7, 11) is 3.77. The average Bonchev–Trinajstić information content (AvgIpc) is 3.38. The van der Waals surface area contributed by atoms with Gasteiger partial charge in [0.2, 0.25) is 11.8 Å². The van der Waals surface area contributed by atoms with E-state index in [0.29, 0.717) is 25.1 Å². The van der Waals surface area contributed by atoms with Gasteiger partial charge in [0.15, 0.2) is 0 Å². The van der Waals surface area contributed by atoms with E-state index in [4.69, 9.17) is 0 Å². The maximum atomic E-state index is 13.5. The summed E-state index contributed by atoms with van der Waals surface area (Å²) in [5, 5.41) is 7.66. The van der Waals surface area contributed by atoms with Gasteiger partial charge in [0.25, 0.3) is 17.6 Å². The first-order valence-electron chi connectivity index (χ1n) is 13.6. The Morgan fingerprint density at radius 2 is 1.44 bits per heavy atom. The highest BCUT2D eigenvalue weighted by Gasteiger charge is 2.46. The zero-order valence-corrected chi connectivity index (χ0v) is 24.3. The van der Waals surface area contributed by atoms with Gasteiger partial charge in [0, 0.05) is 30.8 Å². The number of alkyl halides is 3. The Morgan fingerprint density at radius 3 is 1.93 bits per heavy atom. The highest BCUT2D eigenvalue weighted by atomic mass is 19.4. The number of likely N-dealkylation sites (tertiary alicyclic amines) is 1. The molecule has 0 aromatic heterocycles. The van der Waals surface area contributed by atoms with Crippen LogP contribution < -0.4 is 16.0 Å². The summed E-state index contributed by atoms with van der Waals surface area (Å²) in [5.41, 5.74) is 0.584. The fourth-order valence-electron chi connectivity index (χ4n) is 4.45. The van der Waals surface area contributed by atoms with Gasteiger partial charge in [0.05, 0.1) is 6.04 Å². The zero-order chi connectivity index (χ0) is 31.1. The number of Topliss-reactive ketones (excluding diaryl/α,β-unsaturated/α-hetero) is 1. The second-order valence-corrected chi connectivity index (χ2v) is 11.1. The third kappa shape index (κ3) is 9.27. The molecule has 4 amide bonds. The van der Waals surface area contributed by atoms with Crippen LogP contribution in [0.3, 0.4) is 0 Å². The molecular weight excluding hydrogens is 543 g/mol. The van der Waals surface area contributed by atoms with Gasteiger partial charge in [-0.15, -0.1) is 0 Å². The first-order chi connectivity index (χ1) is 19.0. The standard InChI is InChI=1S/C28H40F3N5O5/c1-16(2)21(23(37)28(29,30)31)33-26(40)20-8-7-14-36(20)27(41)22(17(3)4)34-25(39)19-11-9-18(10-12-19)24(38)32-13-15-35(5)6/h9-12,16-17,20-22H,7-8,13-15H2,1-6H3,(H,32,38)(H,33,40)(H,34,39)/t20-,21?,22-/m0/s1.